The first kappa shape index (κ1) is 13.3. The first-order valence-electron chi connectivity index (χ1n) is 5.84. The number of methoxy groups -OCH3 is 1. The van der Waals surface area contributed by atoms with E-state index in [9.17, 15) is 4.79 Å². The minimum absolute atomic E-state index is 0.0270. The third-order valence-electron chi connectivity index (χ3n) is 2.79. The molecule has 1 N–H and O–H groups in total. The van der Waals surface area contributed by atoms with E-state index >= 15 is 0 Å². The average molecular weight is 264 g/mol. The van der Waals surface area contributed by atoms with Gasteiger partial charge in [0.15, 0.2) is 0 Å². The second-order valence-corrected chi connectivity index (χ2v) is 4.20. The normalized spacial score (nSPS) is 12.4. The summed E-state index contributed by atoms with van der Waals surface area (Å²) in [6.45, 7) is 2.47. The molecule has 2 aromatic heterocycles. The predicted octanol–water partition coefficient (Wildman–Crippen LogP) is 1.05. The van der Waals surface area contributed by atoms with Crippen LogP contribution in [0.1, 0.15) is 34.9 Å². The Balaban J connectivity index is 1.94. The van der Waals surface area contributed by atoms with Gasteiger partial charge in [-0.05, 0) is 13.0 Å². The van der Waals surface area contributed by atoms with Crippen molar-refractivity contribution in [3.63, 3.8) is 0 Å². The molecule has 7 nitrogen and oxygen atoms in total. The Morgan fingerprint density at radius 3 is 3.05 bits per heavy atom. The van der Waals surface area contributed by atoms with Gasteiger partial charge in [-0.15, -0.1) is 10.2 Å². The largest absolute Gasteiger partial charge is 0.467 e. The number of ether oxygens (including phenoxy) is 1. The van der Waals surface area contributed by atoms with Gasteiger partial charge in [0.25, 0.3) is 0 Å². The van der Waals surface area contributed by atoms with Crippen molar-refractivity contribution in [3.8, 4) is 0 Å². The molecule has 19 heavy (non-hydrogen) atoms. The van der Waals surface area contributed by atoms with E-state index in [0.717, 1.165) is 5.82 Å². The predicted molar refractivity (Wildman–Crippen MR) is 66.3 cm³/mol. The molecule has 0 radical (unpaired) electrons. The second-order valence-electron chi connectivity index (χ2n) is 4.20. The van der Waals surface area contributed by atoms with E-state index in [0.29, 0.717) is 17.9 Å². The molecule has 0 spiro atoms. The molecule has 0 aliphatic rings. The summed E-state index contributed by atoms with van der Waals surface area (Å²) in [5.74, 6) is 1.09. The molecule has 0 amide bonds. The van der Waals surface area contributed by atoms with Crippen molar-refractivity contribution in [1.82, 2.24) is 20.1 Å². The number of nitrogens with one attached hydrogen (secondary N) is 1. The molecule has 102 valence electrons. The van der Waals surface area contributed by atoms with Gasteiger partial charge in [0.05, 0.1) is 25.3 Å². The van der Waals surface area contributed by atoms with Crippen LogP contribution < -0.4 is 5.32 Å². The first-order valence-corrected chi connectivity index (χ1v) is 5.84. The monoisotopic (exact) mass is 264 g/mol. The SMILES string of the molecule is COC(=O)c1coc(CNC(C)c2nncn2C)c1. The summed E-state index contributed by atoms with van der Waals surface area (Å²) in [6.07, 6.45) is 3.03. The lowest BCUT2D eigenvalue weighted by atomic mass is 10.3. The van der Waals surface area contributed by atoms with Crippen LogP contribution in [0.4, 0.5) is 0 Å². The Morgan fingerprint density at radius 2 is 2.42 bits per heavy atom. The molecule has 0 aromatic carbocycles. The molecule has 2 aromatic rings. The summed E-state index contributed by atoms with van der Waals surface area (Å²) in [4.78, 5) is 11.3. The minimum Gasteiger partial charge on any atom is -0.467 e. The van der Waals surface area contributed by atoms with Crippen LogP contribution >= 0.6 is 0 Å². The maximum absolute atomic E-state index is 11.3. The number of aryl methyl sites for hydroxylation is 1. The number of esters is 1. The summed E-state index contributed by atoms with van der Waals surface area (Å²) < 4.78 is 11.7. The van der Waals surface area contributed by atoms with Crippen molar-refractivity contribution in [2.24, 2.45) is 7.05 Å². The van der Waals surface area contributed by atoms with Gasteiger partial charge < -0.3 is 19.0 Å². The van der Waals surface area contributed by atoms with E-state index in [1.54, 1.807) is 12.4 Å². The molecule has 0 saturated heterocycles. The van der Waals surface area contributed by atoms with Crippen molar-refractivity contribution in [1.29, 1.82) is 0 Å². The van der Waals surface area contributed by atoms with E-state index in [4.69, 9.17) is 4.42 Å². The lowest BCUT2D eigenvalue weighted by Gasteiger charge is -2.11. The van der Waals surface area contributed by atoms with Gasteiger partial charge >= 0.3 is 5.97 Å². The molecule has 1 atom stereocenters. The molecule has 0 aliphatic carbocycles. The topological polar surface area (TPSA) is 82.2 Å². The zero-order valence-electron chi connectivity index (χ0n) is 11.1. The average Bonchev–Trinajstić information content (AvgIpc) is 3.04. The van der Waals surface area contributed by atoms with Crippen molar-refractivity contribution < 1.29 is 13.9 Å². The van der Waals surface area contributed by atoms with Crippen molar-refractivity contribution >= 4 is 5.97 Å². The Kier molecular flexibility index (Phi) is 3.96. The molecule has 0 bridgehead atoms. The van der Waals surface area contributed by atoms with Gasteiger partial charge in [-0.2, -0.15) is 0 Å². The second kappa shape index (κ2) is 5.66. The number of hydrogen-bond acceptors (Lipinski definition) is 6. The van der Waals surface area contributed by atoms with E-state index in [1.807, 2.05) is 18.5 Å². The van der Waals surface area contributed by atoms with Crippen LogP contribution in [-0.2, 0) is 18.3 Å². The Morgan fingerprint density at radius 1 is 1.63 bits per heavy atom. The Labute approximate surface area is 110 Å². The van der Waals surface area contributed by atoms with Crippen molar-refractivity contribution in [3.05, 3.63) is 35.8 Å². The lowest BCUT2D eigenvalue weighted by Crippen LogP contribution is -2.20. The molecule has 2 rings (SSSR count). The highest BCUT2D eigenvalue weighted by atomic mass is 16.5. The van der Waals surface area contributed by atoms with Crippen molar-refractivity contribution in [2.75, 3.05) is 7.11 Å². The lowest BCUT2D eigenvalue weighted by molar-refractivity contribution is 0.0600. The number of carbonyl (C=O) groups is 1. The molecule has 0 saturated carbocycles. The maximum Gasteiger partial charge on any atom is 0.341 e. The fourth-order valence-electron chi connectivity index (χ4n) is 1.73. The number of hydrogen-bond donors (Lipinski definition) is 1. The maximum atomic E-state index is 11.3. The smallest absolute Gasteiger partial charge is 0.341 e. The van der Waals surface area contributed by atoms with Gasteiger partial charge in [0.2, 0.25) is 0 Å². The molecule has 0 aliphatic heterocycles. The number of aromatic nitrogens is 3. The summed E-state index contributed by atoms with van der Waals surface area (Å²) in [5.41, 5.74) is 0.408. The van der Waals surface area contributed by atoms with Crippen LogP contribution in [0.5, 0.6) is 0 Å². The fourth-order valence-corrected chi connectivity index (χ4v) is 1.73. The summed E-state index contributed by atoms with van der Waals surface area (Å²) >= 11 is 0. The molecule has 0 fully saturated rings. The molecule has 7 heteroatoms. The van der Waals surface area contributed by atoms with Gasteiger partial charge in [0, 0.05) is 7.05 Å². The number of furan rings is 1. The van der Waals surface area contributed by atoms with E-state index in [-0.39, 0.29) is 6.04 Å². The zero-order chi connectivity index (χ0) is 13.8. The first-order chi connectivity index (χ1) is 9.11. The van der Waals surface area contributed by atoms with Crippen LogP contribution in [0, 0.1) is 0 Å². The third kappa shape index (κ3) is 3.00. The fraction of sp³-hybridized carbons (Fsp3) is 0.417. The summed E-state index contributed by atoms with van der Waals surface area (Å²) in [7, 11) is 3.22. The number of nitrogens with zero attached hydrogens (tertiary/aromatic N) is 3. The minimum atomic E-state index is -0.406. The van der Waals surface area contributed by atoms with Crippen LogP contribution in [0.2, 0.25) is 0 Å². The van der Waals surface area contributed by atoms with Crippen LogP contribution in [0.15, 0.2) is 23.1 Å². The Bertz CT molecular complexity index is 561. The van der Waals surface area contributed by atoms with Gasteiger partial charge in [-0.3, -0.25) is 0 Å². The summed E-state index contributed by atoms with van der Waals surface area (Å²) in [5, 5.41) is 11.1. The van der Waals surface area contributed by atoms with Gasteiger partial charge in [-0.1, -0.05) is 0 Å². The van der Waals surface area contributed by atoms with Gasteiger partial charge in [-0.25, -0.2) is 4.79 Å². The molecular formula is C12H16N4O3. The third-order valence-corrected chi connectivity index (χ3v) is 2.79. The van der Waals surface area contributed by atoms with E-state index < -0.39 is 5.97 Å². The van der Waals surface area contributed by atoms with E-state index in [1.165, 1.54) is 13.4 Å². The summed E-state index contributed by atoms with van der Waals surface area (Å²) in [6, 6.07) is 1.68. The van der Waals surface area contributed by atoms with Crippen LogP contribution in [0.25, 0.3) is 0 Å². The number of rotatable bonds is 5. The molecular weight excluding hydrogens is 248 g/mol. The molecule has 2 heterocycles. The highest BCUT2D eigenvalue weighted by Crippen LogP contribution is 2.12. The molecule has 1 unspecified atom stereocenters. The highest BCUT2D eigenvalue weighted by Gasteiger charge is 2.13. The quantitative estimate of drug-likeness (QED) is 0.813. The van der Waals surface area contributed by atoms with E-state index in [2.05, 4.69) is 20.3 Å². The van der Waals surface area contributed by atoms with Gasteiger partial charge in [0.1, 0.15) is 24.2 Å². The zero-order valence-corrected chi connectivity index (χ0v) is 11.1. The van der Waals surface area contributed by atoms with Crippen LogP contribution in [0.3, 0.4) is 0 Å². The Hall–Kier alpha value is -2.15. The van der Waals surface area contributed by atoms with Crippen LogP contribution in [-0.4, -0.2) is 27.8 Å². The number of carbonyl (C=O) groups excluding carboxylic acids is 1. The van der Waals surface area contributed by atoms with Crippen molar-refractivity contribution in [2.45, 2.75) is 19.5 Å². The standard InChI is InChI=1S/C12H16N4O3/c1-8(11-15-14-7-16(11)2)13-5-10-4-9(6-19-10)12(17)18-3/h4,6-8,13H,5H2,1-3H3. The highest BCUT2D eigenvalue weighted by molar-refractivity contribution is 5.88.